The lowest BCUT2D eigenvalue weighted by Gasteiger charge is -2.16. The Morgan fingerprint density at radius 2 is 2.00 bits per heavy atom. The molecule has 1 atom stereocenters. The van der Waals surface area contributed by atoms with Crippen molar-refractivity contribution in [1.82, 2.24) is 4.90 Å². The Hall–Kier alpha value is -1.04. The van der Waals surface area contributed by atoms with Crippen molar-refractivity contribution in [1.29, 1.82) is 0 Å². The second-order valence-corrected chi connectivity index (χ2v) is 6.62. The van der Waals surface area contributed by atoms with E-state index in [1.165, 1.54) is 25.0 Å². The molecule has 0 radical (unpaired) electrons. The van der Waals surface area contributed by atoms with E-state index in [2.05, 4.69) is 10.2 Å². The predicted octanol–water partition coefficient (Wildman–Crippen LogP) is 3.80. The van der Waals surface area contributed by atoms with Crippen LogP contribution in [0.4, 0.5) is 11.4 Å². The lowest BCUT2D eigenvalue weighted by atomic mass is 10.1. The van der Waals surface area contributed by atoms with E-state index in [0.717, 1.165) is 32.1 Å². The number of nitrogens with one attached hydrogen (secondary N) is 1. The predicted molar refractivity (Wildman–Crippen MR) is 84.3 cm³/mol. The molecular weight excluding hydrogens is 313 g/mol. The Morgan fingerprint density at radius 1 is 1.29 bits per heavy atom. The summed E-state index contributed by atoms with van der Waals surface area (Å²) in [5.41, 5.74) is 0.417. The molecule has 21 heavy (non-hydrogen) atoms. The molecule has 1 aromatic carbocycles. The van der Waals surface area contributed by atoms with Crippen molar-refractivity contribution in [3.63, 3.8) is 0 Å². The topological polar surface area (TPSA) is 58.4 Å². The first-order chi connectivity index (χ1) is 10.0. The van der Waals surface area contributed by atoms with Crippen LogP contribution in [0.3, 0.4) is 0 Å². The standard InChI is InChI=1S/C14H17Cl2N3O2/c15-11-5-13(14(19(20)21)6-12(11)16)17-7-9-3-4-18(8-9)10-1-2-10/h5-6,9-10,17H,1-4,7-8H2. The summed E-state index contributed by atoms with van der Waals surface area (Å²) in [5, 5.41) is 14.8. The van der Waals surface area contributed by atoms with Gasteiger partial charge in [-0.25, -0.2) is 0 Å². The maximum absolute atomic E-state index is 11.1. The zero-order valence-corrected chi connectivity index (χ0v) is 13.0. The Bertz CT molecular complexity index is 563. The Kier molecular flexibility index (Phi) is 4.24. The number of anilines is 1. The smallest absolute Gasteiger partial charge is 0.293 e. The minimum atomic E-state index is -0.435. The van der Waals surface area contributed by atoms with Gasteiger partial charge in [0, 0.05) is 25.2 Å². The average molecular weight is 330 g/mol. The molecule has 114 valence electrons. The van der Waals surface area contributed by atoms with Gasteiger partial charge in [0.2, 0.25) is 0 Å². The van der Waals surface area contributed by atoms with Crippen LogP contribution in [-0.4, -0.2) is 35.5 Å². The van der Waals surface area contributed by atoms with Gasteiger partial charge in [-0.1, -0.05) is 23.2 Å². The fraction of sp³-hybridized carbons (Fsp3) is 0.571. The van der Waals surface area contributed by atoms with Gasteiger partial charge in [-0.3, -0.25) is 10.1 Å². The van der Waals surface area contributed by atoms with E-state index in [1.807, 2.05) is 0 Å². The van der Waals surface area contributed by atoms with Crippen molar-refractivity contribution in [2.75, 3.05) is 25.0 Å². The number of nitrogens with zero attached hydrogens (tertiary/aromatic N) is 2. The number of hydrogen-bond donors (Lipinski definition) is 1. The Balaban J connectivity index is 1.64. The molecule has 1 N–H and O–H groups in total. The molecule has 0 amide bonds. The summed E-state index contributed by atoms with van der Waals surface area (Å²) >= 11 is 11.8. The van der Waals surface area contributed by atoms with Crippen LogP contribution >= 0.6 is 23.2 Å². The van der Waals surface area contributed by atoms with Gasteiger partial charge in [0.05, 0.1) is 15.0 Å². The molecular formula is C14H17Cl2N3O2. The van der Waals surface area contributed by atoms with E-state index in [-0.39, 0.29) is 10.7 Å². The van der Waals surface area contributed by atoms with Crippen molar-refractivity contribution in [3.05, 3.63) is 32.3 Å². The second kappa shape index (κ2) is 5.99. The third-order valence-electron chi connectivity index (χ3n) is 4.20. The average Bonchev–Trinajstić information content (AvgIpc) is 3.19. The van der Waals surface area contributed by atoms with E-state index in [9.17, 15) is 10.1 Å². The van der Waals surface area contributed by atoms with Gasteiger partial charge in [-0.05, 0) is 37.8 Å². The first-order valence-electron chi connectivity index (χ1n) is 7.16. The highest BCUT2D eigenvalue weighted by Crippen LogP contribution is 2.35. The van der Waals surface area contributed by atoms with Gasteiger partial charge in [0.1, 0.15) is 5.69 Å². The maximum atomic E-state index is 11.1. The van der Waals surface area contributed by atoms with E-state index in [1.54, 1.807) is 0 Å². The summed E-state index contributed by atoms with van der Waals surface area (Å²) in [5.74, 6) is 0.527. The Morgan fingerprint density at radius 3 is 2.67 bits per heavy atom. The zero-order valence-electron chi connectivity index (χ0n) is 11.5. The molecule has 1 saturated carbocycles. The molecule has 1 aliphatic carbocycles. The molecule has 1 aromatic rings. The summed E-state index contributed by atoms with van der Waals surface area (Å²) in [7, 11) is 0. The van der Waals surface area contributed by atoms with E-state index in [0.29, 0.717) is 16.6 Å². The number of likely N-dealkylation sites (tertiary alicyclic amines) is 1. The van der Waals surface area contributed by atoms with Crippen LogP contribution in [0.1, 0.15) is 19.3 Å². The van der Waals surface area contributed by atoms with Gasteiger partial charge in [-0.2, -0.15) is 0 Å². The highest BCUT2D eigenvalue weighted by atomic mass is 35.5. The highest BCUT2D eigenvalue weighted by Gasteiger charge is 2.34. The molecule has 0 spiro atoms. The molecule has 7 heteroatoms. The Labute approximate surface area is 133 Å². The van der Waals surface area contributed by atoms with Gasteiger partial charge in [-0.15, -0.1) is 0 Å². The number of rotatable bonds is 5. The molecule has 1 heterocycles. The van der Waals surface area contributed by atoms with Crippen LogP contribution in [0.15, 0.2) is 12.1 Å². The first-order valence-corrected chi connectivity index (χ1v) is 7.91. The molecule has 2 aliphatic rings. The quantitative estimate of drug-likeness (QED) is 0.659. The molecule has 5 nitrogen and oxygen atoms in total. The molecule has 0 bridgehead atoms. The van der Waals surface area contributed by atoms with Crippen molar-refractivity contribution in [2.24, 2.45) is 5.92 Å². The summed E-state index contributed by atoms with van der Waals surface area (Å²) in [6.45, 7) is 2.94. The summed E-state index contributed by atoms with van der Waals surface area (Å²) in [4.78, 5) is 13.2. The third-order valence-corrected chi connectivity index (χ3v) is 4.92. The molecule has 2 fully saturated rings. The fourth-order valence-electron chi connectivity index (χ4n) is 2.88. The summed E-state index contributed by atoms with van der Waals surface area (Å²) in [6.07, 6.45) is 3.77. The highest BCUT2D eigenvalue weighted by molar-refractivity contribution is 6.42. The number of nitro groups is 1. The van der Waals surface area contributed by atoms with Gasteiger partial charge < -0.3 is 10.2 Å². The number of halogens is 2. The van der Waals surface area contributed by atoms with E-state index in [4.69, 9.17) is 23.2 Å². The third kappa shape index (κ3) is 3.42. The van der Waals surface area contributed by atoms with Crippen molar-refractivity contribution in [2.45, 2.75) is 25.3 Å². The van der Waals surface area contributed by atoms with Crippen molar-refractivity contribution in [3.8, 4) is 0 Å². The normalized spacial score (nSPS) is 22.5. The summed E-state index contributed by atoms with van der Waals surface area (Å²) < 4.78 is 0. The largest absolute Gasteiger partial charge is 0.379 e. The van der Waals surface area contributed by atoms with Crippen LogP contribution in [0, 0.1) is 16.0 Å². The zero-order chi connectivity index (χ0) is 15.0. The van der Waals surface area contributed by atoms with E-state index >= 15 is 0 Å². The van der Waals surface area contributed by atoms with Gasteiger partial charge in [0.15, 0.2) is 0 Å². The van der Waals surface area contributed by atoms with Crippen LogP contribution < -0.4 is 5.32 Å². The van der Waals surface area contributed by atoms with Crippen LogP contribution in [0.2, 0.25) is 10.0 Å². The molecule has 0 aromatic heterocycles. The number of hydrogen-bond acceptors (Lipinski definition) is 4. The number of benzene rings is 1. The maximum Gasteiger partial charge on any atom is 0.293 e. The van der Waals surface area contributed by atoms with E-state index < -0.39 is 4.92 Å². The van der Waals surface area contributed by atoms with Crippen molar-refractivity contribution < 1.29 is 4.92 Å². The molecule has 1 aliphatic heterocycles. The minimum absolute atomic E-state index is 0.0264. The lowest BCUT2D eigenvalue weighted by Crippen LogP contribution is -2.24. The van der Waals surface area contributed by atoms with Crippen molar-refractivity contribution >= 4 is 34.6 Å². The fourth-order valence-corrected chi connectivity index (χ4v) is 3.21. The molecule has 3 rings (SSSR count). The first kappa shape index (κ1) is 14.9. The van der Waals surface area contributed by atoms with Crippen LogP contribution in [-0.2, 0) is 0 Å². The number of nitro benzene ring substituents is 1. The molecule has 1 unspecified atom stereocenters. The molecule has 1 saturated heterocycles. The lowest BCUT2D eigenvalue weighted by molar-refractivity contribution is -0.383. The SMILES string of the molecule is O=[N+]([O-])c1cc(Cl)c(Cl)cc1NCC1CCN(C2CC2)C1. The minimum Gasteiger partial charge on any atom is -0.379 e. The summed E-state index contributed by atoms with van der Waals surface area (Å²) in [6, 6.07) is 3.63. The van der Waals surface area contributed by atoms with Crippen LogP contribution in [0.25, 0.3) is 0 Å². The van der Waals surface area contributed by atoms with Gasteiger partial charge in [0.25, 0.3) is 5.69 Å². The van der Waals surface area contributed by atoms with Gasteiger partial charge >= 0.3 is 0 Å². The van der Waals surface area contributed by atoms with Crippen LogP contribution in [0.5, 0.6) is 0 Å². The second-order valence-electron chi connectivity index (χ2n) is 5.80. The monoisotopic (exact) mass is 329 g/mol.